The van der Waals surface area contributed by atoms with Gasteiger partial charge in [0.2, 0.25) is 5.13 Å². The molecule has 3 aromatic rings. The Labute approximate surface area is 136 Å². The molecule has 0 amide bonds. The van der Waals surface area contributed by atoms with Gasteiger partial charge in [0.25, 0.3) is 0 Å². The first-order chi connectivity index (χ1) is 11.2. The Bertz CT molecular complexity index is 827. The Morgan fingerprint density at radius 2 is 2.04 bits per heavy atom. The molecule has 1 aromatic heterocycles. The van der Waals surface area contributed by atoms with Crippen molar-refractivity contribution in [3.8, 4) is 5.75 Å². The van der Waals surface area contributed by atoms with E-state index in [4.69, 9.17) is 9.84 Å². The van der Waals surface area contributed by atoms with Gasteiger partial charge < -0.3 is 9.84 Å². The van der Waals surface area contributed by atoms with Gasteiger partial charge in [-0.05, 0) is 24.3 Å². The normalized spacial score (nSPS) is 11.0. The maximum absolute atomic E-state index is 10.6. The fourth-order valence-corrected chi connectivity index (χ4v) is 2.75. The first-order valence-corrected chi connectivity index (χ1v) is 7.62. The third-order valence-corrected chi connectivity index (χ3v) is 3.87. The van der Waals surface area contributed by atoms with Gasteiger partial charge in [0.15, 0.2) is 6.61 Å². The first kappa shape index (κ1) is 15.0. The van der Waals surface area contributed by atoms with E-state index in [0.717, 1.165) is 10.2 Å². The minimum absolute atomic E-state index is 0.393. The molecule has 0 atom stereocenters. The zero-order valence-corrected chi connectivity index (χ0v) is 12.8. The number of aromatic nitrogens is 1. The molecule has 0 aliphatic rings. The van der Waals surface area contributed by atoms with Crippen LogP contribution in [0.3, 0.4) is 0 Å². The van der Waals surface area contributed by atoms with Crippen LogP contribution in [-0.4, -0.2) is 28.9 Å². The Morgan fingerprint density at radius 1 is 1.26 bits per heavy atom. The van der Waals surface area contributed by atoms with Gasteiger partial charge in [-0.15, -0.1) is 0 Å². The summed E-state index contributed by atoms with van der Waals surface area (Å²) < 4.78 is 6.30. The number of nitrogens with zero attached hydrogens (tertiary/aromatic N) is 2. The molecule has 2 N–H and O–H groups in total. The summed E-state index contributed by atoms with van der Waals surface area (Å²) in [5, 5.41) is 13.5. The van der Waals surface area contributed by atoms with Gasteiger partial charge in [0.1, 0.15) is 5.75 Å². The summed E-state index contributed by atoms with van der Waals surface area (Å²) in [6.07, 6.45) is 1.57. The number of hydrogen-bond donors (Lipinski definition) is 2. The smallest absolute Gasteiger partial charge is 0.341 e. The minimum Gasteiger partial charge on any atom is -0.481 e. The molecule has 1 heterocycles. The standard InChI is InChI=1S/C16H13N3O3S/c20-15(21)10-22-13-7-3-1-5-11(13)9-17-19-16-18-12-6-2-4-8-14(12)23-16/h1-9H,10H2,(H,18,19)(H,20,21)/b17-9-. The van der Waals surface area contributed by atoms with E-state index >= 15 is 0 Å². The highest BCUT2D eigenvalue weighted by molar-refractivity contribution is 7.22. The Balaban J connectivity index is 1.71. The van der Waals surface area contributed by atoms with Crippen molar-refractivity contribution < 1.29 is 14.6 Å². The van der Waals surface area contributed by atoms with E-state index in [1.165, 1.54) is 11.3 Å². The van der Waals surface area contributed by atoms with Crippen molar-refractivity contribution >= 4 is 38.9 Å². The SMILES string of the molecule is O=C(O)COc1ccccc1/C=N\Nc1nc2ccccc2s1. The maximum atomic E-state index is 10.6. The molecular formula is C16H13N3O3S. The number of thiazole rings is 1. The number of ether oxygens (including phenoxy) is 1. The number of fused-ring (bicyclic) bond motifs is 1. The van der Waals surface area contributed by atoms with Crippen LogP contribution in [0.4, 0.5) is 5.13 Å². The van der Waals surface area contributed by atoms with Gasteiger partial charge in [-0.2, -0.15) is 5.10 Å². The highest BCUT2D eigenvalue weighted by Gasteiger charge is 2.04. The van der Waals surface area contributed by atoms with Gasteiger partial charge >= 0.3 is 5.97 Å². The van der Waals surface area contributed by atoms with Crippen LogP contribution in [0, 0.1) is 0 Å². The predicted molar refractivity (Wildman–Crippen MR) is 90.4 cm³/mol. The Morgan fingerprint density at radius 3 is 2.87 bits per heavy atom. The lowest BCUT2D eigenvalue weighted by Crippen LogP contribution is -2.10. The number of carboxylic acids is 1. The summed E-state index contributed by atoms with van der Waals surface area (Å²) >= 11 is 1.51. The van der Waals surface area contributed by atoms with Crippen LogP contribution in [-0.2, 0) is 4.79 Å². The molecule has 2 aromatic carbocycles. The van der Waals surface area contributed by atoms with E-state index < -0.39 is 12.6 Å². The van der Waals surface area contributed by atoms with Crippen LogP contribution in [0.1, 0.15) is 5.56 Å². The molecule has 0 saturated carbocycles. The molecule has 0 unspecified atom stereocenters. The van der Waals surface area contributed by atoms with E-state index in [2.05, 4.69) is 15.5 Å². The van der Waals surface area contributed by atoms with Gasteiger partial charge in [-0.3, -0.25) is 5.43 Å². The third-order valence-electron chi connectivity index (χ3n) is 2.93. The van der Waals surface area contributed by atoms with E-state index in [-0.39, 0.29) is 0 Å². The van der Waals surface area contributed by atoms with Gasteiger partial charge in [-0.1, -0.05) is 35.6 Å². The minimum atomic E-state index is -1.02. The summed E-state index contributed by atoms with van der Waals surface area (Å²) in [6, 6.07) is 14.9. The molecule has 3 rings (SSSR count). The van der Waals surface area contributed by atoms with Crippen molar-refractivity contribution in [3.05, 3.63) is 54.1 Å². The first-order valence-electron chi connectivity index (χ1n) is 6.80. The number of rotatable bonds is 6. The van der Waals surface area contributed by atoms with E-state index in [1.807, 2.05) is 30.3 Å². The molecule has 116 valence electrons. The monoisotopic (exact) mass is 327 g/mol. The van der Waals surface area contributed by atoms with Crippen molar-refractivity contribution in [1.29, 1.82) is 0 Å². The number of anilines is 1. The van der Waals surface area contributed by atoms with Crippen molar-refractivity contribution in [1.82, 2.24) is 4.98 Å². The lowest BCUT2D eigenvalue weighted by molar-refractivity contribution is -0.139. The number of hydrogen-bond acceptors (Lipinski definition) is 6. The van der Waals surface area contributed by atoms with Crippen molar-refractivity contribution in [2.24, 2.45) is 5.10 Å². The fourth-order valence-electron chi connectivity index (χ4n) is 1.94. The number of carboxylic acid groups (broad SMARTS) is 1. The van der Waals surface area contributed by atoms with Crippen LogP contribution >= 0.6 is 11.3 Å². The Kier molecular flexibility index (Phi) is 4.49. The predicted octanol–water partition coefficient (Wildman–Crippen LogP) is 3.21. The second-order valence-electron chi connectivity index (χ2n) is 4.58. The van der Waals surface area contributed by atoms with Crippen LogP contribution < -0.4 is 10.2 Å². The van der Waals surface area contributed by atoms with Crippen molar-refractivity contribution in [3.63, 3.8) is 0 Å². The van der Waals surface area contributed by atoms with Crippen molar-refractivity contribution in [2.45, 2.75) is 0 Å². The van der Waals surface area contributed by atoms with E-state index in [0.29, 0.717) is 16.4 Å². The molecule has 0 spiro atoms. The number of nitrogens with one attached hydrogen (secondary N) is 1. The zero-order chi connectivity index (χ0) is 16.1. The maximum Gasteiger partial charge on any atom is 0.341 e. The van der Waals surface area contributed by atoms with Gasteiger partial charge in [0, 0.05) is 5.56 Å². The highest BCUT2D eigenvalue weighted by Crippen LogP contribution is 2.25. The molecular weight excluding hydrogens is 314 g/mol. The summed E-state index contributed by atoms with van der Waals surface area (Å²) in [6.45, 7) is -0.393. The zero-order valence-electron chi connectivity index (χ0n) is 12.0. The lowest BCUT2D eigenvalue weighted by Gasteiger charge is -2.05. The van der Waals surface area contributed by atoms with Crippen LogP contribution in [0.15, 0.2) is 53.6 Å². The highest BCUT2D eigenvalue weighted by atomic mass is 32.1. The molecule has 0 bridgehead atoms. The second kappa shape index (κ2) is 6.89. The summed E-state index contributed by atoms with van der Waals surface area (Å²) in [7, 11) is 0. The average molecular weight is 327 g/mol. The number of carbonyl (C=O) groups is 1. The fraction of sp³-hybridized carbons (Fsp3) is 0.0625. The van der Waals surface area contributed by atoms with Crippen LogP contribution in [0.2, 0.25) is 0 Å². The number of benzene rings is 2. The third kappa shape index (κ3) is 3.83. The number of para-hydroxylation sites is 2. The molecule has 6 nitrogen and oxygen atoms in total. The average Bonchev–Trinajstić information content (AvgIpc) is 2.96. The molecule has 7 heteroatoms. The second-order valence-corrected chi connectivity index (χ2v) is 5.61. The lowest BCUT2D eigenvalue weighted by atomic mass is 10.2. The van der Waals surface area contributed by atoms with Crippen LogP contribution in [0.25, 0.3) is 10.2 Å². The number of aliphatic carboxylic acids is 1. The Hall–Kier alpha value is -2.93. The molecule has 0 radical (unpaired) electrons. The quantitative estimate of drug-likeness (QED) is 0.536. The van der Waals surface area contributed by atoms with Crippen LogP contribution in [0.5, 0.6) is 5.75 Å². The van der Waals surface area contributed by atoms with E-state index in [9.17, 15) is 4.79 Å². The van der Waals surface area contributed by atoms with E-state index in [1.54, 1.807) is 24.4 Å². The molecule has 23 heavy (non-hydrogen) atoms. The largest absolute Gasteiger partial charge is 0.481 e. The molecule has 0 aliphatic heterocycles. The molecule has 0 fully saturated rings. The summed E-state index contributed by atoms with van der Waals surface area (Å²) in [4.78, 5) is 15.0. The molecule has 0 saturated heterocycles. The topological polar surface area (TPSA) is 83.8 Å². The van der Waals surface area contributed by atoms with Gasteiger partial charge in [-0.25, -0.2) is 9.78 Å². The van der Waals surface area contributed by atoms with Crippen molar-refractivity contribution in [2.75, 3.05) is 12.0 Å². The number of hydrazone groups is 1. The molecule has 0 aliphatic carbocycles. The summed E-state index contributed by atoms with van der Waals surface area (Å²) in [5.74, 6) is -0.561. The van der Waals surface area contributed by atoms with Gasteiger partial charge in [0.05, 0.1) is 16.4 Å². The summed E-state index contributed by atoms with van der Waals surface area (Å²) in [5.41, 5.74) is 4.48.